The first-order valence-electron chi connectivity index (χ1n) is 8.23. The number of hydrogen-bond donors (Lipinski definition) is 2. The summed E-state index contributed by atoms with van der Waals surface area (Å²) in [4.78, 5) is 23.5. The van der Waals surface area contributed by atoms with Crippen molar-refractivity contribution in [3.8, 4) is 0 Å². The molecule has 0 atom stereocenters. The minimum Gasteiger partial charge on any atom is -0.339 e. The Balaban J connectivity index is 1.86. The van der Waals surface area contributed by atoms with Crippen LogP contribution in [0.15, 0.2) is 53.6 Å². The van der Waals surface area contributed by atoms with Crippen molar-refractivity contribution in [1.82, 2.24) is 19.5 Å². The smallest absolute Gasteiger partial charge is 0.300 e. The normalized spacial score (nSPS) is 11.1. The summed E-state index contributed by atoms with van der Waals surface area (Å²) in [6, 6.07) is 11.7. The van der Waals surface area contributed by atoms with Crippen LogP contribution in [0.1, 0.15) is 11.1 Å². The fourth-order valence-corrected chi connectivity index (χ4v) is 3.06. The molecule has 8 heteroatoms. The molecule has 2 aromatic carbocycles. The number of nitrogens with one attached hydrogen (secondary N) is 2. The standard InChI is InChI=1S/C19H15ClFN5O/c1-11-14(20)6-3-7-15(11)24-19-25-18(27)16-17(23-10-22-16)26(19)9-12-4-2-5-13(21)8-12/h2-8,10H,9H2,1H3,(H,22,23)(H,24,25,27). The lowest BCUT2D eigenvalue weighted by atomic mass is 10.2. The summed E-state index contributed by atoms with van der Waals surface area (Å²) in [5.41, 5.74) is 2.56. The third-order valence-electron chi connectivity index (χ3n) is 4.30. The average Bonchev–Trinajstić information content (AvgIpc) is 3.13. The summed E-state index contributed by atoms with van der Waals surface area (Å²) in [6.45, 7) is 2.15. The number of benzene rings is 2. The fraction of sp³-hybridized carbons (Fsp3) is 0.105. The molecule has 2 aromatic heterocycles. The van der Waals surface area contributed by atoms with E-state index in [0.717, 1.165) is 16.8 Å². The van der Waals surface area contributed by atoms with E-state index in [0.29, 0.717) is 22.1 Å². The van der Waals surface area contributed by atoms with Crippen molar-refractivity contribution < 1.29 is 4.39 Å². The molecule has 0 fully saturated rings. The molecule has 0 spiro atoms. The molecule has 0 radical (unpaired) electrons. The lowest BCUT2D eigenvalue weighted by molar-refractivity contribution is 0.623. The highest BCUT2D eigenvalue weighted by Crippen LogP contribution is 2.26. The quantitative estimate of drug-likeness (QED) is 0.558. The van der Waals surface area contributed by atoms with Crippen LogP contribution in [-0.2, 0) is 6.54 Å². The van der Waals surface area contributed by atoms with Crippen molar-refractivity contribution in [2.24, 2.45) is 0 Å². The summed E-state index contributed by atoms with van der Waals surface area (Å²) in [5.74, 6) is -0.0331. The highest BCUT2D eigenvalue weighted by molar-refractivity contribution is 6.31. The maximum absolute atomic E-state index is 13.6. The molecule has 4 aromatic rings. The Labute approximate surface area is 158 Å². The third-order valence-corrected chi connectivity index (χ3v) is 4.71. The predicted molar refractivity (Wildman–Crippen MR) is 103 cm³/mol. The van der Waals surface area contributed by atoms with Gasteiger partial charge in [0.25, 0.3) is 0 Å². The summed E-state index contributed by atoms with van der Waals surface area (Å²) < 4.78 is 15.3. The Bertz CT molecular complexity index is 1200. The number of fused-ring (bicyclic) bond motifs is 1. The van der Waals surface area contributed by atoms with Crippen LogP contribution in [0.5, 0.6) is 0 Å². The summed E-state index contributed by atoms with van der Waals surface area (Å²) in [6.07, 6.45) is 1.43. The monoisotopic (exact) mass is 383 g/mol. The van der Waals surface area contributed by atoms with E-state index in [1.807, 2.05) is 13.0 Å². The highest BCUT2D eigenvalue weighted by Gasteiger charge is 2.15. The minimum atomic E-state index is -0.430. The van der Waals surface area contributed by atoms with Gasteiger partial charge < -0.3 is 10.3 Å². The lowest BCUT2D eigenvalue weighted by Crippen LogP contribution is -2.19. The van der Waals surface area contributed by atoms with Gasteiger partial charge in [-0.1, -0.05) is 29.8 Å². The van der Waals surface area contributed by atoms with Gasteiger partial charge in [0.15, 0.2) is 11.2 Å². The average molecular weight is 384 g/mol. The van der Waals surface area contributed by atoms with E-state index in [-0.39, 0.29) is 12.4 Å². The third kappa shape index (κ3) is 3.29. The molecule has 0 bridgehead atoms. The zero-order valence-corrected chi connectivity index (χ0v) is 15.1. The molecule has 0 aliphatic rings. The summed E-state index contributed by atoms with van der Waals surface area (Å²) in [5, 5.41) is 3.76. The second-order valence-corrected chi connectivity index (χ2v) is 6.50. The van der Waals surface area contributed by atoms with Gasteiger partial charge in [0, 0.05) is 10.7 Å². The fourth-order valence-electron chi connectivity index (χ4n) is 2.89. The Hall–Kier alpha value is -3.19. The Kier molecular flexibility index (Phi) is 4.37. The van der Waals surface area contributed by atoms with Crippen molar-refractivity contribution in [3.63, 3.8) is 0 Å². The number of hydrogen-bond acceptors (Lipinski definition) is 4. The predicted octanol–water partition coefficient (Wildman–Crippen LogP) is 4.01. The van der Waals surface area contributed by atoms with Gasteiger partial charge >= 0.3 is 5.56 Å². The van der Waals surface area contributed by atoms with Gasteiger partial charge in [-0.15, -0.1) is 0 Å². The van der Waals surface area contributed by atoms with Crippen LogP contribution in [0.3, 0.4) is 0 Å². The first kappa shape index (κ1) is 17.2. The van der Waals surface area contributed by atoms with Crippen molar-refractivity contribution >= 4 is 34.4 Å². The topological polar surface area (TPSA) is 75.6 Å². The second-order valence-electron chi connectivity index (χ2n) is 6.10. The first-order valence-corrected chi connectivity index (χ1v) is 8.61. The number of halogens is 2. The van der Waals surface area contributed by atoms with Gasteiger partial charge in [0.05, 0.1) is 12.9 Å². The SMILES string of the molecule is Cc1c(Cl)cccc1Nc1nc(=O)c2[nH]cnc2n1Cc1cccc(F)c1. The van der Waals surface area contributed by atoms with E-state index in [1.54, 1.807) is 28.8 Å². The van der Waals surface area contributed by atoms with Gasteiger partial charge in [0.1, 0.15) is 5.82 Å². The molecule has 4 rings (SSSR count). The molecule has 0 aliphatic heterocycles. The Morgan fingerprint density at radius 2 is 2.07 bits per heavy atom. The zero-order valence-electron chi connectivity index (χ0n) is 14.3. The Morgan fingerprint density at radius 3 is 2.89 bits per heavy atom. The minimum absolute atomic E-state index is 0.286. The molecule has 136 valence electrons. The number of anilines is 2. The molecule has 6 nitrogen and oxygen atoms in total. The van der Waals surface area contributed by atoms with Gasteiger partial charge in [-0.3, -0.25) is 9.36 Å². The van der Waals surface area contributed by atoms with Gasteiger partial charge in [0.2, 0.25) is 5.95 Å². The number of aromatic nitrogens is 4. The number of nitrogens with zero attached hydrogens (tertiary/aromatic N) is 3. The Morgan fingerprint density at radius 1 is 1.26 bits per heavy atom. The maximum Gasteiger partial charge on any atom is 0.300 e. The molecule has 0 saturated carbocycles. The molecule has 0 amide bonds. The van der Waals surface area contributed by atoms with Crippen LogP contribution in [0.4, 0.5) is 16.0 Å². The van der Waals surface area contributed by atoms with Crippen molar-refractivity contribution in [3.05, 3.63) is 81.1 Å². The van der Waals surface area contributed by atoms with E-state index in [2.05, 4.69) is 20.3 Å². The largest absolute Gasteiger partial charge is 0.339 e. The van der Waals surface area contributed by atoms with Crippen molar-refractivity contribution in [1.29, 1.82) is 0 Å². The molecule has 0 saturated heterocycles. The van der Waals surface area contributed by atoms with Crippen molar-refractivity contribution in [2.45, 2.75) is 13.5 Å². The van der Waals surface area contributed by atoms with E-state index in [1.165, 1.54) is 18.5 Å². The van der Waals surface area contributed by atoms with Crippen LogP contribution >= 0.6 is 11.6 Å². The molecular formula is C19H15ClFN5O. The molecule has 2 heterocycles. The molecular weight excluding hydrogens is 369 g/mol. The first-order chi connectivity index (χ1) is 13.0. The second kappa shape index (κ2) is 6.85. The molecule has 27 heavy (non-hydrogen) atoms. The summed E-state index contributed by atoms with van der Waals surface area (Å²) >= 11 is 6.19. The number of imidazole rings is 1. The van der Waals surface area contributed by atoms with E-state index < -0.39 is 5.56 Å². The van der Waals surface area contributed by atoms with Crippen LogP contribution in [-0.4, -0.2) is 19.5 Å². The van der Waals surface area contributed by atoms with E-state index in [4.69, 9.17) is 11.6 Å². The highest BCUT2D eigenvalue weighted by atomic mass is 35.5. The van der Waals surface area contributed by atoms with Crippen LogP contribution < -0.4 is 10.9 Å². The molecule has 0 aliphatic carbocycles. The number of aromatic amines is 1. The van der Waals surface area contributed by atoms with Gasteiger partial charge in [-0.25, -0.2) is 9.37 Å². The van der Waals surface area contributed by atoms with Crippen molar-refractivity contribution in [2.75, 3.05) is 5.32 Å². The lowest BCUT2D eigenvalue weighted by Gasteiger charge is -2.16. The molecule has 2 N–H and O–H groups in total. The van der Waals surface area contributed by atoms with Gasteiger partial charge in [-0.05, 0) is 42.3 Å². The van der Waals surface area contributed by atoms with E-state index >= 15 is 0 Å². The van der Waals surface area contributed by atoms with Crippen LogP contribution in [0.25, 0.3) is 11.2 Å². The van der Waals surface area contributed by atoms with Crippen LogP contribution in [0, 0.1) is 12.7 Å². The molecule has 0 unspecified atom stereocenters. The van der Waals surface area contributed by atoms with E-state index in [9.17, 15) is 9.18 Å². The van der Waals surface area contributed by atoms with Gasteiger partial charge in [-0.2, -0.15) is 4.98 Å². The summed E-state index contributed by atoms with van der Waals surface area (Å²) in [7, 11) is 0. The van der Waals surface area contributed by atoms with Crippen LogP contribution in [0.2, 0.25) is 5.02 Å². The zero-order chi connectivity index (χ0) is 19.0. The maximum atomic E-state index is 13.6. The number of H-pyrrole nitrogens is 1. The number of rotatable bonds is 4.